The van der Waals surface area contributed by atoms with Crippen molar-refractivity contribution in [3.8, 4) is 0 Å². The van der Waals surface area contributed by atoms with Crippen LogP contribution in [0.3, 0.4) is 0 Å². The highest BCUT2D eigenvalue weighted by atomic mass is 35.5. The van der Waals surface area contributed by atoms with Gasteiger partial charge in [0.2, 0.25) is 0 Å². The number of nitrogens with zero attached hydrogens (tertiary/aromatic N) is 2. The van der Waals surface area contributed by atoms with Crippen LogP contribution in [0.4, 0.5) is 0 Å². The SMILES string of the molecule is CCCCN1C(=S)SC(C)(C)C1/[N+]([O-])=C/c1ccc(Cl)cc1. The highest BCUT2D eigenvalue weighted by Crippen LogP contribution is 2.41. The molecule has 0 bridgehead atoms. The number of halogens is 1. The van der Waals surface area contributed by atoms with Gasteiger partial charge in [-0.1, -0.05) is 48.9 Å². The van der Waals surface area contributed by atoms with Crippen molar-refractivity contribution in [3.05, 3.63) is 40.1 Å². The molecule has 0 saturated carbocycles. The summed E-state index contributed by atoms with van der Waals surface area (Å²) in [5.74, 6) is 0. The van der Waals surface area contributed by atoms with Gasteiger partial charge in [0.25, 0.3) is 6.17 Å². The number of thioether (sulfide) groups is 1. The number of rotatable bonds is 5. The molecule has 1 heterocycles. The predicted octanol–water partition coefficient (Wildman–Crippen LogP) is 4.51. The van der Waals surface area contributed by atoms with Crippen LogP contribution in [-0.4, -0.2) is 37.6 Å². The minimum absolute atomic E-state index is 0.241. The van der Waals surface area contributed by atoms with Crippen LogP contribution in [0.2, 0.25) is 5.02 Å². The third-order valence-electron chi connectivity index (χ3n) is 3.64. The largest absolute Gasteiger partial charge is 0.622 e. The highest BCUT2D eigenvalue weighted by Gasteiger charge is 2.50. The van der Waals surface area contributed by atoms with Gasteiger partial charge >= 0.3 is 0 Å². The van der Waals surface area contributed by atoms with Crippen LogP contribution < -0.4 is 0 Å². The van der Waals surface area contributed by atoms with Crippen LogP contribution >= 0.6 is 35.6 Å². The lowest BCUT2D eigenvalue weighted by molar-refractivity contribution is -0.523. The van der Waals surface area contributed by atoms with Gasteiger partial charge in [-0.15, -0.1) is 0 Å². The molecule has 0 aliphatic carbocycles. The van der Waals surface area contributed by atoms with Crippen molar-refractivity contribution < 1.29 is 4.74 Å². The quantitative estimate of drug-likeness (QED) is 0.255. The Kier molecular flexibility index (Phi) is 5.75. The molecule has 1 aromatic rings. The molecule has 1 aliphatic heterocycles. The lowest BCUT2D eigenvalue weighted by Crippen LogP contribution is -2.48. The number of unbranched alkanes of at least 4 members (excludes halogenated alkanes) is 1. The van der Waals surface area contributed by atoms with E-state index in [1.807, 2.05) is 12.1 Å². The van der Waals surface area contributed by atoms with Crippen molar-refractivity contribution in [1.82, 2.24) is 4.90 Å². The Bertz CT molecular complexity index is 572. The smallest absolute Gasteiger partial charge is 0.254 e. The fourth-order valence-corrected chi connectivity index (χ4v) is 4.62. The summed E-state index contributed by atoms with van der Waals surface area (Å²) in [7, 11) is 0. The molecular weight excluding hydrogens is 336 g/mol. The molecule has 1 aliphatic rings. The summed E-state index contributed by atoms with van der Waals surface area (Å²) in [4.78, 5) is 2.06. The van der Waals surface area contributed by atoms with Crippen molar-refractivity contribution >= 4 is 46.1 Å². The first kappa shape index (κ1) is 17.6. The first-order valence-corrected chi connectivity index (χ1v) is 9.01. The molecular formula is C16H21ClN2OS2. The lowest BCUT2D eigenvalue weighted by atomic mass is 10.1. The van der Waals surface area contributed by atoms with E-state index in [4.69, 9.17) is 23.8 Å². The lowest BCUT2D eigenvalue weighted by Gasteiger charge is -2.29. The molecule has 1 unspecified atom stereocenters. The zero-order valence-corrected chi connectivity index (χ0v) is 15.5. The zero-order valence-electron chi connectivity index (χ0n) is 13.1. The van der Waals surface area contributed by atoms with Gasteiger partial charge in [-0.25, -0.2) is 0 Å². The number of thiocarbonyl (C=S) groups is 1. The van der Waals surface area contributed by atoms with Crippen LogP contribution in [0, 0.1) is 5.21 Å². The predicted molar refractivity (Wildman–Crippen MR) is 99.9 cm³/mol. The summed E-state index contributed by atoms with van der Waals surface area (Å²) < 4.78 is 1.61. The molecule has 2 rings (SSSR count). The molecule has 22 heavy (non-hydrogen) atoms. The van der Waals surface area contributed by atoms with Gasteiger partial charge in [0, 0.05) is 17.1 Å². The van der Waals surface area contributed by atoms with Gasteiger partial charge in [-0.2, -0.15) is 4.74 Å². The van der Waals surface area contributed by atoms with Gasteiger partial charge in [0.1, 0.15) is 9.07 Å². The first-order chi connectivity index (χ1) is 10.3. The van der Waals surface area contributed by atoms with Crippen molar-refractivity contribution in [1.29, 1.82) is 0 Å². The molecule has 0 aromatic heterocycles. The van der Waals surface area contributed by atoms with Crippen molar-refractivity contribution in [3.63, 3.8) is 0 Å². The molecule has 0 amide bonds. The van der Waals surface area contributed by atoms with E-state index in [0.717, 1.165) is 34.0 Å². The highest BCUT2D eigenvalue weighted by molar-refractivity contribution is 8.24. The van der Waals surface area contributed by atoms with E-state index in [1.165, 1.54) is 0 Å². The minimum atomic E-state index is -0.285. The molecule has 3 nitrogen and oxygen atoms in total. The maximum absolute atomic E-state index is 12.7. The maximum Gasteiger partial charge on any atom is 0.254 e. The Hall–Kier alpha value is -0.780. The van der Waals surface area contributed by atoms with Crippen LogP contribution in [0.25, 0.3) is 0 Å². The van der Waals surface area contributed by atoms with Gasteiger partial charge in [0.15, 0.2) is 6.21 Å². The first-order valence-electron chi connectivity index (χ1n) is 7.40. The summed E-state index contributed by atoms with van der Waals surface area (Å²) in [5, 5.41) is 13.4. The van der Waals surface area contributed by atoms with Crippen LogP contribution in [0.15, 0.2) is 24.3 Å². The van der Waals surface area contributed by atoms with E-state index < -0.39 is 0 Å². The molecule has 6 heteroatoms. The molecule has 0 N–H and O–H groups in total. The Labute approximate surface area is 146 Å². The summed E-state index contributed by atoms with van der Waals surface area (Å²) in [6.45, 7) is 7.10. The van der Waals surface area contributed by atoms with E-state index in [2.05, 4.69) is 25.7 Å². The third kappa shape index (κ3) is 3.94. The second-order valence-electron chi connectivity index (χ2n) is 5.93. The molecule has 1 saturated heterocycles. The number of hydrogen-bond donors (Lipinski definition) is 0. The van der Waals surface area contributed by atoms with E-state index >= 15 is 0 Å². The Morgan fingerprint density at radius 3 is 2.64 bits per heavy atom. The average Bonchev–Trinajstić information content (AvgIpc) is 2.67. The molecule has 1 fully saturated rings. The standard InChI is InChI=1S/C16H21ClN2OS2/c1-4-5-10-18-14(16(2,3)22-15(18)21)19(20)11-12-6-8-13(17)9-7-12/h6-9,11,14H,4-5,10H2,1-3H3/b19-11-. The average molecular weight is 357 g/mol. The molecule has 1 aromatic carbocycles. The Morgan fingerprint density at radius 2 is 2.05 bits per heavy atom. The minimum Gasteiger partial charge on any atom is -0.622 e. The van der Waals surface area contributed by atoms with Crippen molar-refractivity contribution in [2.75, 3.05) is 6.54 Å². The summed E-state index contributed by atoms with van der Waals surface area (Å²) in [5.41, 5.74) is 0.841. The molecule has 0 radical (unpaired) electrons. The van der Waals surface area contributed by atoms with E-state index in [1.54, 1.807) is 30.1 Å². The topological polar surface area (TPSA) is 29.3 Å². The molecule has 1 atom stereocenters. The van der Waals surface area contributed by atoms with Gasteiger partial charge in [-0.3, -0.25) is 4.90 Å². The van der Waals surface area contributed by atoms with E-state index in [0.29, 0.717) is 5.02 Å². The summed E-state index contributed by atoms with van der Waals surface area (Å²) in [6.07, 6.45) is 3.45. The third-order valence-corrected chi connectivity index (χ3v) is 5.52. The molecule has 0 spiro atoms. The van der Waals surface area contributed by atoms with Gasteiger partial charge in [0.05, 0.1) is 0 Å². The van der Waals surface area contributed by atoms with E-state index in [9.17, 15) is 5.21 Å². The maximum atomic E-state index is 12.7. The second-order valence-corrected chi connectivity index (χ2v) is 8.66. The second kappa shape index (κ2) is 7.20. The fraction of sp³-hybridized carbons (Fsp3) is 0.500. The van der Waals surface area contributed by atoms with Crippen LogP contribution in [0.5, 0.6) is 0 Å². The normalized spacial score (nSPS) is 21.5. The molecule has 120 valence electrons. The Morgan fingerprint density at radius 1 is 1.41 bits per heavy atom. The monoisotopic (exact) mass is 356 g/mol. The van der Waals surface area contributed by atoms with Crippen molar-refractivity contribution in [2.24, 2.45) is 0 Å². The number of hydrogen-bond acceptors (Lipinski definition) is 3. The number of benzene rings is 1. The van der Waals surface area contributed by atoms with Crippen LogP contribution in [-0.2, 0) is 0 Å². The van der Waals surface area contributed by atoms with Gasteiger partial charge < -0.3 is 5.21 Å². The fourth-order valence-electron chi connectivity index (χ4n) is 2.56. The van der Waals surface area contributed by atoms with Crippen molar-refractivity contribution in [2.45, 2.75) is 44.5 Å². The Balaban J connectivity index is 2.28. The van der Waals surface area contributed by atoms with E-state index in [-0.39, 0.29) is 10.9 Å². The van der Waals surface area contributed by atoms with Gasteiger partial charge in [-0.05, 0) is 44.5 Å². The summed E-state index contributed by atoms with van der Waals surface area (Å²) >= 11 is 13.0. The summed E-state index contributed by atoms with van der Waals surface area (Å²) in [6, 6.07) is 7.26. The number of hydroxylamine groups is 1. The van der Waals surface area contributed by atoms with Crippen LogP contribution in [0.1, 0.15) is 39.2 Å². The zero-order chi connectivity index (χ0) is 16.3.